The summed E-state index contributed by atoms with van der Waals surface area (Å²) >= 11 is 0. The Morgan fingerprint density at radius 3 is 2.79 bits per heavy atom. The Bertz CT molecular complexity index is 716. The molecule has 1 aromatic heterocycles. The minimum atomic E-state index is -0.596. The lowest BCUT2D eigenvalue weighted by atomic mass is 10.0. The summed E-state index contributed by atoms with van der Waals surface area (Å²) in [5, 5.41) is 0. The van der Waals surface area contributed by atoms with Crippen LogP contribution in [-0.2, 0) is 4.79 Å². The van der Waals surface area contributed by atoms with Gasteiger partial charge in [-0.05, 0) is 31.9 Å². The fourth-order valence-electron chi connectivity index (χ4n) is 3.45. The number of likely N-dealkylation sites (tertiary alicyclic amines) is 1. The highest BCUT2D eigenvalue weighted by molar-refractivity contribution is 5.82. The summed E-state index contributed by atoms with van der Waals surface area (Å²) in [6.07, 6.45) is 6.68. The molecule has 1 fully saturated rings. The average molecular weight is 327 g/mol. The van der Waals surface area contributed by atoms with Crippen LogP contribution in [0.15, 0.2) is 43.0 Å². The van der Waals surface area contributed by atoms with Crippen molar-refractivity contribution in [2.45, 2.75) is 38.0 Å². The predicted molar refractivity (Wildman–Crippen MR) is 88.0 cm³/mol. The molecule has 1 saturated heterocycles. The monoisotopic (exact) mass is 327 g/mol. The molecule has 24 heavy (non-hydrogen) atoms. The highest BCUT2D eigenvalue weighted by Gasteiger charge is 2.38. The van der Waals surface area contributed by atoms with Crippen LogP contribution in [0.25, 0.3) is 0 Å². The molecule has 0 bridgehead atoms. The molecule has 6 heteroatoms. The van der Waals surface area contributed by atoms with E-state index in [0.29, 0.717) is 18.0 Å². The van der Waals surface area contributed by atoms with Crippen molar-refractivity contribution in [3.8, 4) is 11.5 Å². The van der Waals surface area contributed by atoms with Gasteiger partial charge in [0.05, 0.1) is 12.4 Å². The van der Waals surface area contributed by atoms with Crippen LogP contribution < -0.4 is 9.47 Å². The van der Waals surface area contributed by atoms with Gasteiger partial charge in [0, 0.05) is 25.5 Å². The maximum atomic E-state index is 13.0. The zero-order valence-electron chi connectivity index (χ0n) is 13.7. The van der Waals surface area contributed by atoms with Gasteiger partial charge >= 0.3 is 0 Å². The Hall–Kier alpha value is -2.50. The molecule has 2 aromatic rings. The normalized spacial score (nSPS) is 26.2. The lowest BCUT2D eigenvalue weighted by Gasteiger charge is -2.38. The van der Waals surface area contributed by atoms with Gasteiger partial charge in [-0.25, -0.2) is 4.98 Å². The van der Waals surface area contributed by atoms with E-state index < -0.39 is 6.10 Å². The Labute approximate surface area is 141 Å². The van der Waals surface area contributed by atoms with Crippen LogP contribution in [0.4, 0.5) is 0 Å². The van der Waals surface area contributed by atoms with Crippen molar-refractivity contribution in [3.63, 3.8) is 0 Å². The van der Waals surface area contributed by atoms with Crippen molar-refractivity contribution in [3.05, 3.63) is 43.0 Å². The Morgan fingerprint density at radius 1 is 1.25 bits per heavy atom. The number of para-hydroxylation sites is 2. The van der Waals surface area contributed by atoms with Crippen molar-refractivity contribution >= 4 is 5.91 Å². The van der Waals surface area contributed by atoms with E-state index in [9.17, 15) is 4.79 Å². The summed E-state index contributed by atoms with van der Waals surface area (Å²) < 4.78 is 13.9. The second kappa shape index (κ2) is 6.19. The molecule has 0 radical (unpaired) electrons. The van der Waals surface area contributed by atoms with Crippen LogP contribution >= 0.6 is 0 Å². The van der Waals surface area contributed by atoms with Crippen LogP contribution in [0, 0.1) is 0 Å². The number of ether oxygens (including phenoxy) is 2. The van der Waals surface area contributed by atoms with Crippen LogP contribution in [0.5, 0.6) is 11.5 Å². The highest BCUT2D eigenvalue weighted by atomic mass is 16.6. The smallest absolute Gasteiger partial charge is 0.267 e. The number of nitrogens with zero attached hydrogens (tertiary/aromatic N) is 3. The number of benzene rings is 1. The summed E-state index contributed by atoms with van der Waals surface area (Å²) in [4.78, 5) is 19.0. The van der Waals surface area contributed by atoms with Gasteiger partial charge in [0.1, 0.15) is 6.10 Å². The summed E-state index contributed by atoms with van der Waals surface area (Å²) in [7, 11) is 0. The third-order valence-corrected chi connectivity index (χ3v) is 4.74. The molecule has 0 saturated carbocycles. The van der Waals surface area contributed by atoms with Crippen LogP contribution in [0.3, 0.4) is 0 Å². The number of carbonyl (C=O) groups is 1. The van der Waals surface area contributed by atoms with Crippen molar-refractivity contribution in [1.82, 2.24) is 14.5 Å². The van der Waals surface area contributed by atoms with Gasteiger partial charge in [-0.15, -0.1) is 0 Å². The first-order valence-corrected chi connectivity index (χ1v) is 8.41. The van der Waals surface area contributed by atoms with Crippen LogP contribution in [-0.4, -0.2) is 45.7 Å². The first-order valence-electron chi connectivity index (χ1n) is 8.41. The van der Waals surface area contributed by atoms with Gasteiger partial charge in [0.2, 0.25) is 6.10 Å². The quantitative estimate of drug-likeness (QED) is 0.849. The standard InChI is InChI=1S/C18H21N3O3/c1-13-17(24-16-7-3-2-6-15(16)23-13)18(22)20-9-4-5-14(11-20)21-10-8-19-12-21/h2-3,6-8,10,12-14,17H,4-5,9,11H2,1H3/t13-,14-,17+/m0/s1. The molecular formula is C18H21N3O3. The number of amides is 1. The van der Waals surface area contributed by atoms with E-state index in [0.717, 1.165) is 19.4 Å². The molecule has 3 heterocycles. The SMILES string of the molecule is C[C@@H]1Oc2ccccc2O[C@H]1C(=O)N1CCC[C@H](n2ccnc2)C1. The zero-order valence-corrected chi connectivity index (χ0v) is 13.7. The molecule has 1 aromatic carbocycles. The minimum Gasteiger partial charge on any atom is -0.482 e. The molecule has 0 spiro atoms. The van der Waals surface area contributed by atoms with E-state index in [2.05, 4.69) is 9.55 Å². The number of piperidine rings is 1. The van der Waals surface area contributed by atoms with Crippen molar-refractivity contribution in [2.75, 3.05) is 13.1 Å². The number of rotatable bonds is 2. The van der Waals surface area contributed by atoms with Gasteiger partial charge in [-0.2, -0.15) is 0 Å². The van der Waals surface area contributed by atoms with E-state index >= 15 is 0 Å². The number of hydrogen-bond donors (Lipinski definition) is 0. The minimum absolute atomic E-state index is 0.00168. The first kappa shape index (κ1) is 15.1. The van der Waals surface area contributed by atoms with Crippen molar-refractivity contribution < 1.29 is 14.3 Å². The molecule has 4 rings (SSSR count). The fourth-order valence-corrected chi connectivity index (χ4v) is 3.45. The number of carbonyl (C=O) groups excluding carboxylic acids is 1. The molecule has 0 N–H and O–H groups in total. The highest BCUT2D eigenvalue weighted by Crippen LogP contribution is 2.34. The zero-order chi connectivity index (χ0) is 16.5. The van der Waals surface area contributed by atoms with Crippen LogP contribution in [0.1, 0.15) is 25.8 Å². The number of aromatic nitrogens is 2. The second-order valence-corrected chi connectivity index (χ2v) is 6.40. The third kappa shape index (κ3) is 2.72. The molecule has 0 unspecified atom stereocenters. The van der Waals surface area contributed by atoms with E-state index in [4.69, 9.17) is 9.47 Å². The largest absolute Gasteiger partial charge is 0.482 e. The molecule has 2 aliphatic heterocycles. The lowest BCUT2D eigenvalue weighted by molar-refractivity contribution is -0.146. The third-order valence-electron chi connectivity index (χ3n) is 4.74. The van der Waals surface area contributed by atoms with Crippen LogP contribution in [0.2, 0.25) is 0 Å². The van der Waals surface area contributed by atoms with Gasteiger partial charge in [-0.3, -0.25) is 4.79 Å². The van der Waals surface area contributed by atoms with Gasteiger partial charge in [-0.1, -0.05) is 12.1 Å². The molecule has 6 nitrogen and oxygen atoms in total. The van der Waals surface area contributed by atoms with E-state index in [1.807, 2.05) is 48.6 Å². The van der Waals surface area contributed by atoms with E-state index in [-0.39, 0.29) is 18.1 Å². The maximum Gasteiger partial charge on any atom is 0.267 e. The molecule has 1 amide bonds. The van der Waals surface area contributed by atoms with Crippen molar-refractivity contribution in [1.29, 1.82) is 0 Å². The number of imidazole rings is 1. The topological polar surface area (TPSA) is 56.6 Å². The van der Waals surface area contributed by atoms with Gasteiger partial charge in [0.15, 0.2) is 11.5 Å². The Morgan fingerprint density at radius 2 is 2.04 bits per heavy atom. The van der Waals surface area contributed by atoms with E-state index in [1.165, 1.54) is 0 Å². The second-order valence-electron chi connectivity index (χ2n) is 6.40. The lowest BCUT2D eigenvalue weighted by Crippen LogP contribution is -2.53. The Balaban J connectivity index is 1.49. The fraction of sp³-hybridized carbons (Fsp3) is 0.444. The molecule has 3 atom stereocenters. The number of fused-ring (bicyclic) bond motifs is 1. The molecule has 126 valence electrons. The first-order chi connectivity index (χ1) is 11.7. The molecule has 0 aliphatic carbocycles. The molecule has 2 aliphatic rings. The predicted octanol–water partition coefficient (Wildman–Crippen LogP) is 2.28. The Kier molecular flexibility index (Phi) is 3.88. The van der Waals surface area contributed by atoms with E-state index in [1.54, 1.807) is 6.20 Å². The van der Waals surface area contributed by atoms with Gasteiger partial charge < -0.3 is 18.9 Å². The summed E-state index contributed by atoms with van der Waals surface area (Å²) in [6, 6.07) is 7.76. The maximum absolute atomic E-state index is 13.0. The average Bonchev–Trinajstić information content (AvgIpc) is 3.15. The molecular weight excluding hydrogens is 306 g/mol. The summed E-state index contributed by atoms with van der Waals surface area (Å²) in [5.74, 6) is 1.34. The van der Waals surface area contributed by atoms with Gasteiger partial charge in [0.25, 0.3) is 5.91 Å². The van der Waals surface area contributed by atoms with Crippen molar-refractivity contribution in [2.24, 2.45) is 0 Å². The summed E-state index contributed by atoms with van der Waals surface area (Å²) in [5.41, 5.74) is 0. The number of hydrogen-bond acceptors (Lipinski definition) is 4. The summed E-state index contributed by atoms with van der Waals surface area (Å²) in [6.45, 7) is 3.33.